The average Bonchev–Trinajstić information content (AvgIpc) is 2.59. The van der Waals surface area contributed by atoms with Gasteiger partial charge in [-0.15, -0.1) is 0 Å². The van der Waals surface area contributed by atoms with E-state index >= 15 is 0 Å². The minimum atomic E-state index is -5.08. The second-order valence-electron chi connectivity index (χ2n) is 6.61. The molecule has 1 aromatic carbocycles. The van der Waals surface area contributed by atoms with Gasteiger partial charge in [-0.25, -0.2) is 9.18 Å². The first-order valence-electron chi connectivity index (χ1n) is 8.47. The molecular weight excluding hydrogens is 415 g/mol. The van der Waals surface area contributed by atoms with Crippen molar-refractivity contribution >= 4 is 5.97 Å². The first kappa shape index (κ1) is 23.4. The fourth-order valence-corrected chi connectivity index (χ4v) is 2.97. The van der Waals surface area contributed by atoms with Crippen LogP contribution in [-0.4, -0.2) is 48.7 Å². The van der Waals surface area contributed by atoms with Crippen molar-refractivity contribution in [2.24, 2.45) is 0 Å². The molecule has 2 aliphatic heterocycles. The number of carboxylic acids is 1. The number of hydrogen-bond acceptors (Lipinski definition) is 4. The third kappa shape index (κ3) is 7.12. The molecule has 2 fully saturated rings. The number of carbonyl (C=O) groups is 1. The summed E-state index contributed by atoms with van der Waals surface area (Å²) >= 11 is 0. The molecule has 0 saturated carbocycles. The quantitative estimate of drug-likeness (QED) is 0.715. The summed E-state index contributed by atoms with van der Waals surface area (Å²) in [7, 11) is 0. The van der Waals surface area contributed by atoms with Gasteiger partial charge >= 0.3 is 18.3 Å². The van der Waals surface area contributed by atoms with Crippen molar-refractivity contribution in [1.29, 1.82) is 0 Å². The van der Waals surface area contributed by atoms with E-state index in [1.807, 2.05) is 0 Å². The van der Waals surface area contributed by atoms with Crippen LogP contribution < -0.4 is 5.32 Å². The Morgan fingerprint density at radius 3 is 2.14 bits per heavy atom. The number of fused-ring (bicyclic) bond motifs is 2. The summed E-state index contributed by atoms with van der Waals surface area (Å²) in [5, 5.41) is 10.5. The first-order valence-corrected chi connectivity index (χ1v) is 8.47. The van der Waals surface area contributed by atoms with Crippen LogP contribution in [0.4, 0.5) is 30.7 Å². The van der Waals surface area contributed by atoms with Gasteiger partial charge in [-0.3, -0.25) is 0 Å². The molecule has 2 bridgehead atoms. The lowest BCUT2D eigenvalue weighted by molar-refractivity contribution is -0.192. The van der Waals surface area contributed by atoms with Gasteiger partial charge in [0.1, 0.15) is 5.82 Å². The molecule has 1 unspecified atom stereocenters. The van der Waals surface area contributed by atoms with Crippen molar-refractivity contribution in [2.75, 3.05) is 13.2 Å². The monoisotopic (exact) mass is 433 g/mol. The Morgan fingerprint density at radius 1 is 1.14 bits per heavy atom. The Bertz CT molecular complexity index is 696. The summed E-state index contributed by atoms with van der Waals surface area (Å²) in [4.78, 5) is 8.90. The molecule has 2 saturated heterocycles. The van der Waals surface area contributed by atoms with Crippen molar-refractivity contribution < 1.29 is 50.1 Å². The van der Waals surface area contributed by atoms with Crippen molar-refractivity contribution in [3.05, 3.63) is 35.1 Å². The van der Waals surface area contributed by atoms with E-state index in [2.05, 4.69) is 5.32 Å². The number of alkyl halides is 6. The zero-order valence-electron chi connectivity index (χ0n) is 14.8. The number of piperidine rings is 1. The number of halogens is 7. The minimum Gasteiger partial charge on any atom is -0.475 e. The fourth-order valence-electron chi connectivity index (χ4n) is 2.97. The standard InChI is InChI=1S/C15H17F4NO2.C2HF3O2/c16-14-3-10(15(17,18)19)2-1-9(14)6-22-13-4-11-7-21-8-12(5-13)20-11;3-2(4,5)1(6)7/h1-3,11-13,20H,4-8H2;(H,6,7)/t11-,12+,13?;. The maximum Gasteiger partial charge on any atom is 0.490 e. The number of hydrogen-bond donors (Lipinski definition) is 2. The van der Waals surface area contributed by atoms with Gasteiger partial charge in [0.25, 0.3) is 0 Å². The maximum atomic E-state index is 13.8. The lowest BCUT2D eigenvalue weighted by Crippen LogP contribution is -2.55. The Morgan fingerprint density at radius 2 is 1.69 bits per heavy atom. The highest BCUT2D eigenvalue weighted by Gasteiger charge is 2.38. The van der Waals surface area contributed by atoms with E-state index in [0.29, 0.717) is 19.3 Å². The fraction of sp³-hybridized carbons (Fsp3) is 0.588. The maximum absolute atomic E-state index is 13.8. The van der Waals surface area contributed by atoms with Gasteiger partial charge in [0.15, 0.2) is 0 Å². The first-order chi connectivity index (χ1) is 13.4. The van der Waals surface area contributed by atoms with E-state index in [-0.39, 0.29) is 30.4 Å². The third-order valence-corrected chi connectivity index (χ3v) is 4.30. The van der Waals surface area contributed by atoms with Gasteiger partial charge in [-0.05, 0) is 25.0 Å². The molecule has 0 aliphatic carbocycles. The molecule has 5 nitrogen and oxygen atoms in total. The van der Waals surface area contributed by atoms with Gasteiger partial charge in [0.2, 0.25) is 0 Å². The molecule has 2 aliphatic rings. The number of ether oxygens (including phenoxy) is 2. The van der Waals surface area contributed by atoms with E-state index in [1.165, 1.54) is 0 Å². The molecule has 29 heavy (non-hydrogen) atoms. The van der Waals surface area contributed by atoms with Crippen molar-refractivity contribution in [3.8, 4) is 0 Å². The number of benzene rings is 1. The van der Waals surface area contributed by atoms with Crippen LogP contribution in [-0.2, 0) is 27.1 Å². The van der Waals surface area contributed by atoms with Gasteiger partial charge in [-0.1, -0.05) is 6.07 Å². The third-order valence-electron chi connectivity index (χ3n) is 4.30. The number of aliphatic carboxylic acids is 1. The average molecular weight is 433 g/mol. The van der Waals surface area contributed by atoms with Crippen LogP contribution in [0.15, 0.2) is 18.2 Å². The number of morpholine rings is 1. The van der Waals surface area contributed by atoms with E-state index in [4.69, 9.17) is 19.4 Å². The van der Waals surface area contributed by atoms with Gasteiger partial charge < -0.3 is 19.9 Å². The molecular formula is C17H18F7NO4. The van der Waals surface area contributed by atoms with E-state index in [9.17, 15) is 30.7 Å². The predicted octanol–water partition coefficient (Wildman–Crippen LogP) is 3.51. The van der Waals surface area contributed by atoms with Gasteiger partial charge in [-0.2, -0.15) is 26.3 Å². The van der Waals surface area contributed by atoms with Crippen LogP contribution in [0.2, 0.25) is 0 Å². The van der Waals surface area contributed by atoms with Gasteiger partial charge in [0, 0.05) is 17.6 Å². The van der Waals surface area contributed by atoms with Crippen LogP contribution in [0.25, 0.3) is 0 Å². The van der Waals surface area contributed by atoms with Crippen LogP contribution in [0, 0.1) is 5.82 Å². The Balaban J connectivity index is 0.000000370. The molecule has 0 aromatic heterocycles. The zero-order chi connectivity index (χ0) is 21.8. The normalized spacial score (nSPS) is 24.4. The summed E-state index contributed by atoms with van der Waals surface area (Å²) in [6.45, 7) is 1.24. The molecule has 0 radical (unpaired) electrons. The summed E-state index contributed by atoms with van der Waals surface area (Å²) in [6, 6.07) is 3.00. The molecule has 2 N–H and O–H groups in total. The summed E-state index contributed by atoms with van der Waals surface area (Å²) in [5.41, 5.74) is -0.838. The Hall–Kier alpha value is -1.92. The van der Waals surface area contributed by atoms with Crippen molar-refractivity contribution in [2.45, 2.75) is 50.0 Å². The molecule has 12 heteroatoms. The summed E-state index contributed by atoms with van der Waals surface area (Å²) < 4.78 is 94.1. The van der Waals surface area contributed by atoms with Gasteiger partial charge in [0.05, 0.1) is 31.5 Å². The van der Waals surface area contributed by atoms with E-state index < -0.39 is 29.7 Å². The zero-order valence-corrected chi connectivity index (χ0v) is 14.8. The molecule has 2 heterocycles. The molecule has 0 amide bonds. The summed E-state index contributed by atoms with van der Waals surface area (Å²) in [6.07, 6.45) is -8.12. The lowest BCUT2D eigenvalue weighted by Gasteiger charge is -2.39. The van der Waals surface area contributed by atoms with Crippen LogP contribution in [0.1, 0.15) is 24.0 Å². The van der Waals surface area contributed by atoms with Crippen LogP contribution in [0.5, 0.6) is 0 Å². The van der Waals surface area contributed by atoms with Crippen molar-refractivity contribution in [3.63, 3.8) is 0 Å². The Kier molecular flexibility index (Phi) is 7.46. The number of nitrogens with one attached hydrogen (secondary N) is 1. The highest BCUT2D eigenvalue weighted by molar-refractivity contribution is 5.73. The van der Waals surface area contributed by atoms with Crippen molar-refractivity contribution in [1.82, 2.24) is 5.32 Å². The minimum absolute atomic E-state index is 0.0189. The molecule has 1 aromatic rings. The SMILES string of the molecule is Fc1cc(C(F)(F)F)ccc1COC1C[C@H]2COC[C@@H](C1)N2.O=C(O)C(F)(F)F. The topological polar surface area (TPSA) is 67.8 Å². The molecule has 164 valence electrons. The smallest absolute Gasteiger partial charge is 0.475 e. The van der Waals surface area contributed by atoms with E-state index in [1.54, 1.807) is 0 Å². The second-order valence-corrected chi connectivity index (χ2v) is 6.61. The molecule has 3 atom stereocenters. The van der Waals surface area contributed by atoms with E-state index in [0.717, 1.165) is 25.0 Å². The highest BCUT2D eigenvalue weighted by Crippen LogP contribution is 2.30. The predicted molar refractivity (Wildman–Crippen MR) is 84.4 cm³/mol. The van der Waals surface area contributed by atoms with Crippen LogP contribution >= 0.6 is 0 Å². The molecule has 3 rings (SSSR count). The highest BCUT2D eigenvalue weighted by atomic mass is 19.4. The van der Waals surface area contributed by atoms with Crippen LogP contribution in [0.3, 0.4) is 0 Å². The lowest BCUT2D eigenvalue weighted by atomic mass is 9.95. The summed E-state index contributed by atoms with van der Waals surface area (Å²) in [5.74, 6) is -3.64. The number of rotatable bonds is 3. The second kappa shape index (κ2) is 9.26. The Labute approximate surface area is 160 Å². The molecule has 0 spiro atoms. The number of carboxylic acid groups (broad SMARTS) is 1. The largest absolute Gasteiger partial charge is 0.490 e.